The Labute approximate surface area is 180 Å². The van der Waals surface area contributed by atoms with Crippen molar-refractivity contribution in [3.05, 3.63) is 89.3 Å². The van der Waals surface area contributed by atoms with Gasteiger partial charge in [0, 0.05) is 22.7 Å². The summed E-state index contributed by atoms with van der Waals surface area (Å²) < 4.78 is 1.25. The van der Waals surface area contributed by atoms with Crippen LogP contribution < -0.4 is 11.1 Å². The zero-order valence-corrected chi connectivity index (χ0v) is 17.7. The van der Waals surface area contributed by atoms with Gasteiger partial charge in [0.15, 0.2) is 0 Å². The molecule has 0 bridgehead atoms. The molecule has 1 atom stereocenters. The summed E-state index contributed by atoms with van der Waals surface area (Å²) in [7, 11) is 0. The number of nitrogens with one attached hydrogen (secondary N) is 1. The summed E-state index contributed by atoms with van der Waals surface area (Å²) in [5, 5.41) is 7.45. The summed E-state index contributed by atoms with van der Waals surface area (Å²) in [5.74, 6) is -0.0221. The zero-order chi connectivity index (χ0) is 20.7. The Hall–Kier alpha value is -2.97. The lowest BCUT2D eigenvalue weighted by atomic mass is 9.98. The number of carbonyl (C=O) groups is 1. The number of aromatic nitrogens is 2. The van der Waals surface area contributed by atoms with Gasteiger partial charge in [0.25, 0.3) is 11.1 Å². The van der Waals surface area contributed by atoms with Crippen molar-refractivity contribution < 1.29 is 4.79 Å². The summed E-state index contributed by atoms with van der Waals surface area (Å²) in [6.45, 7) is 0.792. The number of rotatable bonds is 4. The van der Waals surface area contributed by atoms with Crippen LogP contribution in [0.4, 0.5) is 0 Å². The van der Waals surface area contributed by atoms with Crippen LogP contribution in [0.2, 0.25) is 0 Å². The molecule has 0 fully saturated rings. The highest BCUT2D eigenvalue weighted by atomic mass is 32.1. The number of benzene rings is 1. The van der Waals surface area contributed by atoms with E-state index >= 15 is 0 Å². The fourth-order valence-corrected chi connectivity index (χ4v) is 5.85. The number of nitrogens with zero attached hydrogens (tertiary/aromatic N) is 2. The Bertz CT molecular complexity index is 1330. The molecule has 5 rings (SSSR count). The fraction of sp³-hybridized carbons (Fsp3) is 0.227. The maximum absolute atomic E-state index is 13.2. The van der Waals surface area contributed by atoms with Crippen molar-refractivity contribution in [3.8, 4) is 0 Å². The van der Waals surface area contributed by atoms with E-state index in [-0.39, 0.29) is 36.0 Å². The lowest BCUT2D eigenvalue weighted by Gasteiger charge is -2.35. The molecule has 1 aromatic carbocycles. The van der Waals surface area contributed by atoms with Gasteiger partial charge in [0.05, 0.1) is 23.4 Å². The van der Waals surface area contributed by atoms with E-state index in [0.29, 0.717) is 17.3 Å². The van der Waals surface area contributed by atoms with Crippen LogP contribution in [0.1, 0.15) is 27.8 Å². The molecule has 8 heteroatoms. The van der Waals surface area contributed by atoms with Gasteiger partial charge in [-0.1, -0.05) is 18.2 Å². The van der Waals surface area contributed by atoms with Gasteiger partial charge in [-0.25, -0.2) is 4.68 Å². The second-order valence-corrected chi connectivity index (χ2v) is 9.23. The second-order valence-electron chi connectivity index (χ2n) is 7.25. The van der Waals surface area contributed by atoms with Gasteiger partial charge >= 0.3 is 0 Å². The van der Waals surface area contributed by atoms with E-state index in [1.165, 1.54) is 15.1 Å². The summed E-state index contributed by atoms with van der Waals surface area (Å²) in [5.41, 5.74) is 0.583. The molecule has 0 saturated heterocycles. The molecule has 3 aromatic heterocycles. The number of fused-ring (bicyclic) bond motifs is 2. The van der Waals surface area contributed by atoms with Crippen molar-refractivity contribution in [3.63, 3.8) is 0 Å². The first-order chi connectivity index (χ1) is 14.6. The van der Waals surface area contributed by atoms with E-state index in [9.17, 15) is 14.4 Å². The topological polar surface area (TPSA) is 75.2 Å². The van der Waals surface area contributed by atoms with Crippen LogP contribution in [-0.4, -0.2) is 27.1 Å². The van der Waals surface area contributed by atoms with Crippen LogP contribution in [0.25, 0.3) is 10.8 Å². The number of amides is 1. The molecule has 0 saturated carbocycles. The Balaban J connectivity index is 1.42. The average Bonchev–Trinajstić information content (AvgIpc) is 3.46. The Morgan fingerprint density at radius 1 is 1.03 bits per heavy atom. The molecule has 30 heavy (non-hydrogen) atoms. The van der Waals surface area contributed by atoms with Gasteiger partial charge in [0.1, 0.15) is 0 Å². The van der Waals surface area contributed by atoms with Crippen molar-refractivity contribution in [1.29, 1.82) is 0 Å². The van der Waals surface area contributed by atoms with Crippen LogP contribution in [0, 0.1) is 0 Å². The van der Waals surface area contributed by atoms with Gasteiger partial charge in [0.2, 0.25) is 5.91 Å². The summed E-state index contributed by atoms with van der Waals surface area (Å²) >= 11 is 3.38. The molecule has 0 radical (unpaired) electrons. The third-order valence-electron chi connectivity index (χ3n) is 5.53. The minimum atomic E-state index is -0.324. The van der Waals surface area contributed by atoms with Crippen molar-refractivity contribution in [2.24, 2.45) is 0 Å². The van der Waals surface area contributed by atoms with Crippen molar-refractivity contribution in [2.75, 3.05) is 6.54 Å². The minimum absolute atomic E-state index is 0.0221. The minimum Gasteiger partial charge on any atom is -0.330 e. The number of hydrogen-bond donors (Lipinski definition) is 1. The third-order valence-corrected chi connectivity index (χ3v) is 7.45. The van der Waals surface area contributed by atoms with E-state index in [1.807, 2.05) is 16.3 Å². The average molecular weight is 438 g/mol. The van der Waals surface area contributed by atoms with Crippen LogP contribution in [0.3, 0.4) is 0 Å². The second kappa shape index (κ2) is 7.70. The maximum atomic E-state index is 13.2. The van der Waals surface area contributed by atoms with Crippen molar-refractivity contribution >= 4 is 39.4 Å². The summed E-state index contributed by atoms with van der Waals surface area (Å²) in [6.07, 6.45) is 0.989. The third kappa shape index (κ3) is 3.22. The lowest BCUT2D eigenvalue weighted by molar-refractivity contribution is -0.133. The van der Waals surface area contributed by atoms with Crippen LogP contribution in [0.15, 0.2) is 62.8 Å². The molecule has 1 aliphatic rings. The Kier molecular flexibility index (Phi) is 4.88. The predicted molar refractivity (Wildman–Crippen MR) is 119 cm³/mol. The summed E-state index contributed by atoms with van der Waals surface area (Å²) in [6, 6.07) is 12.8. The number of thiophene rings is 2. The molecule has 1 amide bonds. The molecule has 4 aromatic rings. The zero-order valence-electron chi connectivity index (χ0n) is 16.0. The number of aryl methyl sites for hydroxylation is 1. The Morgan fingerprint density at radius 2 is 1.87 bits per heavy atom. The number of carbonyl (C=O) groups excluding carboxylic acids is 1. The van der Waals surface area contributed by atoms with E-state index in [4.69, 9.17) is 0 Å². The number of hydrogen-bond acceptors (Lipinski definition) is 5. The van der Waals surface area contributed by atoms with Gasteiger partial charge in [-0.15, -0.1) is 22.7 Å². The molecule has 0 spiro atoms. The highest BCUT2D eigenvalue weighted by Crippen LogP contribution is 2.39. The lowest BCUT2D eigenvalue weighted by Crippen LogP contribution is -2.40. The van der Waals surface area contributed by atoms with Crippen LogP contribution in [-0.2, 0) is 17.8 Å². The first kappa shape index (κ1) is 19.0. The van der Waals surface area contributed by atoms with E-state index in [1.54, 1.807) is 46.9 Å². The van der Waals surface area contributed by atoms with E-state index in [2.05, 4.69) is 22.6 Å². The standard InChI is InChI=1S/C22H19N3O3S2/c26-19(8-11-25-22(28)15-5-2-1-4-14(15)21(27)23-25)24-10-7-17-16(9-13-30-17)20(24)18-6-3-12-29-18/h1-6,9,12-13,20H,7-8,10-11H2,(H,23,27)/t20-/m1/s1. The van der Waals surface area contributed by atoms with Gasteiger partial charge < -0.3 is 4.90 Å². The van der Waals surface area contributed by atoms with E-state index < -0.39 is 0 Å². The van der Waals surface area contributed by atoms with E-state index in [0.717, 1.165) is 11.3 Å². The maximum Gasteiger partial charge on any atom is 0.273 e. The van der Waals surface area contributed by atoms with Crippen LogP contribution >= 0.6 is 22.7 Å². The molecule has 152 valence electrons. The smallest absolute Gasteiger partial charge is 0.273 e. The largest absolute Gasteiger partial charge is 0.330 e. The highest BCUT2D eigenvalue weighted by molar-refractivity contribution is 7.10. The molecule has 1 aliphatic heterocycles. The van der Waals surface area contributed by atoms with Crippen molar-refractivity contribution in [1.82, 2.24) is 14.7 Å². The first-order valence-electron chi connectivity index (χ1n) is 9.74. The fourth-order valence-electron chi connectivity index (χ4n) is 4.09. The molecular formula is C22H19N3O3S2. The predicted octanol–water partition coefficient (Wildman–Crippen LogP) is 3.38. The van der Waals surface area contributed by atoms with Gasteiger partial charge in [-0.2, -0.15) is 0 Å². The molecule has 0 unspecified atom stereocenters. The van der Waals surface area contributed by atoms with Gasteiger partial charge in [-0.3, -0.25) is 19.5 Å². The number of aromatic amines is 1. The van der Waals surface area contributed by atoms with Crippen LogP contribution in [0.5, 0.6) is 0 Å². The quantitative estimate of drug-likeness (QED) is 0.532. The molecule has 6 nitrogen and oxygen atoms in total. The van der Waals surface area contributed by atoms with Crippen molar-refractivity contribution in [2.45, 2.75) is 25.4 Å². The monoisotopic (exact) mass is 437 g/mol. The normalized spacial score (nSPS) is 16.0. The summed E-state index contributed by atoms with van der Waals surface area (Å²) in [4.78, 5) is 42.6. The highest BCUT2D eigenvalue weighted by Gasteiger charge is 2.33. The van der Waals surface area contributed by atoms with Gasteiger partial charge in [-0.05, 0) is 47.0 Å². The molecular weight excluding hydrogens is 418 g/mol. The number of H-pyrrole nitrogens is 1. The molecule has 4 heterocycles. The molecule has 1 N–H and O–H groups in total. The SMILES string of the molecule is O=C(CCn1[nH]c(=O)c2ccccc2c1=O)N1CCc2sccc2[C@@H]1c1cccs1. The molecule has 0 aliphatic carbocycles. The first-order valence-corrected chi connectivity index (χ1v) is 11.5. The Morgan fingerprint density at radius 3 is 2.67 bits per heavy atom.